The van der Waals surface area contributed by atoms with Gasteiger partial charge in [0.25, 0.3) is 0 Å². The van der Waals surface area contributed by atoms with E-state index in [-0.39, 0.29) is 0 Å². The highest BCUT2D eigenvalue weighted by atomic mass is 16.1. The van der Waals surface area contributed by atoms with Crippen LogP contribution in [-0.4, -0.2) is 11.3 Å². The Labute approximate surface area is 72.1 Å². The largest absolute Gasteiger partial charge is 0.318 e. The summed E-state index contributed by atoms with van der Waals surface area (Å²) < 4.78 is 0. The van der Waals surface area contributed by atoms with Gasteiger partial charge in [-0.1, -0.05) is 36.9 Å². The first-order chi connectivity index (χ1) is 5.86. The number of amides is 1. The van der Waals surface area contributed by atoms with E-state index in [4.69, 9.17) is 0 Å². The molecule has 0 aromatic heterocycles. The van der Waals surface area contributed by atoms with Crippen LogP contribution in [0.15, 0.2) is 43.1 Å². The third kappa shape index (κ3) is 2.23. The van der Waals surface area contributed by atoms with Gasteiger partial charge < -0.3 is 4.90 Å². The molecule has 0 aliphatic rings. The zero-order valence-corrected chi connectivity index (χ0v) is 6.81. The highest BCUT2D eigenvalue weighted by Crippen LogP contribution is 2.01. The summed E-state index contributed by atoms with van der Waals surface area (Å²) in [5, 5.41) is 0. The van der Waals surface area contributed by atoms with Crippen LogP contribution >= 0.6 is 0 Å². The van der Waals surface area contributed by atoms with Gasteiger partial charge in [0.2, 0.25) is 6.41 Å². The fraction of sp³-hybridized carbons (Fsp3) is 0.100. The number of hydrogen-bond acceptors (Lipinski definition) is 1. The Morgan fingerprint density at radius 2 is 2.00 bits per heavy atom. The van der Waals surface area contributed by atoms with E-state index in [0.29, 0.717) is 6.54 Å². The first-order valence-electron chi connectivity index (χ1n) is 3.74. The normalized spacial score (nSPS) is 9.00. The summed E-state index contributed by atoms with van der Waals surface area (Å²) in [6.45, 7) is 4.11. The lowest BCUT2D eigenvalue weighted by Crippen LogP contribution is -2.13. The molecule has 0 aliphatic carbocycles. The summed E-state index contributed by atoms with van der Waals surface area (Å²) in [6.07, 6.45) is 2.28. The summed E-state index contributed by atoms with van der Waals surface area (Å²) in [4.78, 5) is 11.9. The molecule has 0 saturated carbocycles. The number of carbonyl (C=O) groups is 1. The van der Waals surface area contributed by atoms with E-state index in [2.05, 4.69) is 6.58 Å². The molecule has 0 unspecified atom stereocenters. The highest BCUT2D eigenvalue weighted by molar-refractivity contribution is 5.49. The van der Waals surface area contributed by atoms with Crippen molar-refractivity contribution in [2.45, 2.75) is 6.54 Å². The van der Waals surface area contributed by atoms with Gasteiger partial charge in [0, 0.05) is 6.54 Å². The highest BCUT2D eigenvalue weighted by Gasteiger charge is 1.95. The molecule has 0 heterocycles. The number of rotatable bonds is 4. The second kappa shape index (κ2) is 4.34. The van der Waals surface area contributed by atoms with E-state index in [9.17, 15) is 4.79 Å². The maximum Gasteiger partial charge on any atom is 0.213 e. The lowest BCUT2D eigenvalue weighted by atomic mass is 10.2. The molecule has 0 saturated heterocycles. The Morgan fingerprint density at radius 3 is 2.50 bits per heavy atom. The predicted octanol–water partition coefficient (Wildman–Crippen LogP) is 1.79. The third-order valence-electron chi connectivity index (χ3n) is 1.58. The standard InChI is InChI=1S/C10H11NO/c1-2-11(9-12)8-10-6-4-3-5-7-10/h2-7,9H,1,8H2. The Morgan fingerprint density at radius 1 is 1.33 bits per heavy atom. The zero-order valence-electron chi connectivity index (χ0n) is 6.81. The molecule has 2 heteroatoms. The van der Waals surface area contributed by atoms with Crippen molar-refractivity contribution in [3.8, 4) is 0 Å². The smallest absolute Gasteiger partial charge is 0.213 e. The van der Waals surface area contributed by atoms with E-state index < -0.39 is 0 Å². The Hall–Kier alpha value is -1.57. The molecule has 1 rings (SSSR count). The van der Waals surface area contributed by atoms with E-state index in [0.717, 1.165) is 12.0 Å². The van der Waals surface area contributed by atoms with Gasteiger partial charge in [-0.05, 0) is 11.8 Å². The molecule has 0 atom stereocenters. The lowest BCUT2D eigenvalue weighted by molar-refractivity contribution is -0.116. The van der Waals surface area contributed by atoms with Gasteiger partial charge in [0.15, 0.2) is 0 Å². The SMILES string of the molecule is C=CN(C=O)Cc1ccccc1. The summed E-state index contributed by atoms with van der Waals surface area (Å²) in [7, 11) is 0. The van der Waals surface area contributed by atoms with E-state index in [1.54, 1.807) is 0 Å². The van der Waals surface area contributed by atoms with Gasteiger partial charge in [-0.3, -0.25) is 4.79 Å². The first kappa shape index (κ1) is 8.53. The summed E-state index contributed by atoms with van der Waals surface area (Å²) in [5.74, 6) is 0. The monoisotopic (exact) mass is 161 g/mol. The summed E-state index contributed by atoms with van der Waals surface area (Å²) in [5.41, 5.74) is 1.10. The van der Waals surface area contributed by atoms with Crippen LogP contribution < -0.4 is 0 Å². The van der Waals surface area contributed by atoms with Gasteiger partial charge in [-0.2, -0.15) is 0 Å². The van der Waals surface area contributed by atoms with Gasteiger partial charge >= 0.3 is 0 Å². The van der Waals surface area contributed by atoms with E-state index in [1.807, 2.05) is 30.3 Å². The van der Waals surface area contributed by atoms with Crippen LogP contribution in [0.4, 0.5) is 0 Å². The van der Waals surface area contributed by atoms with Crippen LogP contribution in [0, 0.1) is 0 Å². The minimum atomic E-state index is 0.591. The van der Waals surface area contributed by atoms with E-state index in [1.165, 1.54) is 11.1 Å². The maximum absolute atomic E-state index is 10.4. The molecule has 1 amide bonds. The molecule has 0 fully saturated rings. The minimum Gasteiger partial charge on any atom is -0.318 e. The second-order valence-electron chi connectivity index (χ2n) is 2.45. The molecule has 0 bridgehead atoms. The average Bonchev–Trinajstić information content (AvgIpc) is 2.16. The van der Waals surface area contributed by atoms with E-state index >= 15 is 0 Å². The topological polar surface area (TPSA) is 20.3 Å². The number of hydrogen-bond donors (Lipinski definition) is 0. The van der Waals surface area contributed by atoms with Crippen LogP contribution in [0.5, 0.6) is 0 Å². The Balaban J connectivity index is 2.62. The number of carbonyl (C=O) groups excluding carboxylic acids is 1. The summed E-state index contributed by atoms with van der Waals surface area (Å²) >= 11 is 0. The predicted molar refractivity (Wildman–Crippen MR) is 48.2 cm³/mol. The van der Waals surface area contributed by atoms with Crippen molar-refractivity contribution in [3.63, 3.8) is 0 Å². The molecule has 0 spiro atoms. The molecule has 1 aromatic rings. The number of benzene rings is 1. The van der Waals surface area contributed by atoms with Crippen LogP contribution in [0.25, 0.3) is 0 Å². The van der Waals surface area contributed by atoms with Crippen molar-refractivity contribution in [1.82, 2.24) is 4.90 Å². The Bertz CT molecular complexity index is 248. The average molecular weight is 161 g/mol. The number of nitrogens with zero attached hydrogens (tertiary/aromatic N) is 1. The molecule has 0 radical (unpaired) electrons. The van der Waals surface area contributed by atoms with Crippen molar-refractivity contribution in [1.29, 1.82) is 0 Å². The molecule has 0 N–H and O–H groups in total. The molecule has 2 nitrogen and oxygen atoms in total. The van der Waals surface area contributed by atoms with Crippen molar-refractivity contribution in [2.75, 3.05) is 0 Å². The van der Waals surface area contributed by atoms with Gasteiger partial charge in [0.05, 0.1) is 0 Å². The Kier molecular flexibility index (Phi) is 3.08. The zero-order chi connectivity index (χ0) is 8.81. The molecule has 62 valence electrons. The van der Waals surface area contributed by atoms with Crippen molar-refractivity contribution in [3.05, 3.63) is 48.7 Å². The molecular formula is C10H11NO. The first-order valence-corrected chi connectivity index (χ1v) is 3.74. The minimum absolute atomic E-state index is 0.591. The van der Waals surface area contributed by atoms with Crippen molar-refractivity contribution >= 4 is 6.41 Å². The van der Waals surface area contributed by atoms with Crippen molar-refractivity contribution < 1.29 is 4.79 Å². The molecular weight excluding hydrogens is 150 g/mol. The fourth-order valence-corrected chi connectivity index (χ4v) is 0.939. The second-order valence-corrected chi connectivity index (χ2v) is 2.45. The summed E-state index contributed by atoms with van der Waals surface area (Å²) in [6, 6.07) is 9.78. The van der Waals surface area contributed by atoms with Crippen LogP contribution in [0.2, 0.25) is 0 Å². The lowest BCUT2D eigenvalue weighted by Gasteiger charge is -2.10. The van der Waals surface area contributed by atoms with Gasteiger partial charge in [-0.15, -0.1) is 0 Å². The van der Waals surface area contributed by atoms with Crippen LogP contribution in [-0.2, 0) is 11.3 Å². The molecule has 1 aromatic carbocycles. The van der Waals surface area contributed by atoms with Crippen LogP contribution in [0.1, 0.15) is 5.56 Å². The maximum atomic E-state index is 10.4. The van der Waals surface area contributed by atoms with Gasteiger partial charge in [-0.25, -0.2) is 0 Å². The molecule has 12 heavy (non-hydrogen) atoms. The quantitative estimate of drug-likeness (QED) is 0.616. The van der Waals surface area contributed by atoms with Crippen molar-refractivity contribution in [2.24, 2.45) is 0 Å². The van der Waals surface area contributed by atoms with Gasteiger partial charge in [0.1, 0.15) is 0 Å². The van der Waals surface area contributed by atoms with Crippen LogP contribution in [0.3, 0.4) is 0 Å². The third-order valence-corrected chi connectivity index (χ3v) is 1.58. The molecule has 0 aliphatic heterocycles. The fourth-order valence-electron chi connectivity index (χ4n) is 0.939.